The highest BCUT2D eigenvalue weighted by atomic mass is 32.2. The molecule has 1 amide bonds. The Labute approximate surface area is 202 Å². The number of aliphatic imine (C=N–C) groups is 1. The molecule has 0 spiro atoms. The minimum absolute atomic E-state index is 0.0669. The maximum absolute atomic E-state index is 13.8. The van der Waals surface area contributed by atoms with Crippen LogP contribution in [0.3, 0.4) is 0 Å². The number of likely N-dealkylation sites (tertiary alicyclic amines) is 1. The topological polar surface area (TPSA) is 91.7 Å². The molecule has 6 nitrogen and oxygen atoms in total. The van der Waals surface area contributed by atoms with Gasteiger partial charge in [0.05, 0.1) is 15.7 Å². The average molecular weight is 495 g/mol. The number of amides is 1. The molecule has 2 aliphatic rings. The lowest BCUT2D eigenvalue weighted by Crippen LogP contribution is -2.42. The van der Waals surface area contributed by atoms with E-state index < -0.39 is 21.8 Å². The van der Waals surface area contributed by atoms with Crippen LogP contribution in [0.15, 0.2) is 28.6 Å². The molecular formula is C23H28F2N4O2S2. The summed E-state index contributed by atoms with van der Waals surface area (Å²) in [5.41, 5.74) is 8.14. The zero-order valence-corrected chi connectivity index (χ0v) is 20.4. The van der Waals surface area contributed by atoms with E-state index in [1.807, 2.05) is 12.3 Å². The average Bonchev–Trinajstić information content (AvgIpc) is 3.35. The largest absolute Gasteiger partial charge is 0.475 e. The minimum Gasteiger partial charge on any atom is -0.475 e. The van der Waals surface area contributed by atoms with Crippen LogP contribution in [0, 0.1) is 23.0 Å². The maximum Gasteiger partial charge on any atom is 0.226 e. The maximum atomic E-state index is 13.8. The molecule has 2 N–H and O–H groups in total. The van der Waals surface area contributed by atoms with Gasteiger partial charge in [-0.15, -0.1) is 11.8 Å². The van der Waals surface area contributed by atoms with E-state index >= 15 is 0 Å². The fourth-order valence-corrected chi connectivity index (χ4v) is 5.55. The Hall–Kier alpha value is -2.09. The second-order valence-corrected chi connectivity index (χ2v) is 10.9. The van der Waals surface area contributed by atoms with Crippen molar-refractivity contribution in [3.05, 3.63) is 46.4 Å². The van der Waals surface area contributed by atoms with Gasteiger partial charge >= 0.3 is 0 Å². The van der Waals surface area contributed by atoms with Crippen molar-refractivity contribution < 1.29 is 18.3 Å². The highest BCUT2D eigenvalue weighted by Gasteiger charge is 2.44. The molecule has 4 unspecified atom stereocenters. The molecular weight excluding hydrogens is 466 g/mol. The van der Waals surface area contributed by atoms with Crippen molar-refractivity contribution in [3.8, 4) is 6.07 Å². The van der Waals surface area contributed by atoms with Crippen molar-refractivity contribution in [2.24, 2.45) is 10.7 Å². The first-order valence-electron chi connectivity index (χ1n) is 10.6. The van der Waals surface area contributed by atoms with Gasteiger partial charge in [-0.3, -0.25) is 4.79 Å². The number of thioether (sulfide) groups is 1. The number of nitriles is 1. The number of allylic oxidation sites excluding steroid dienone is 1. The Morgan fingerprint density at radius 1 is 1.52 bits per heavy atom. The summed E-state index contributed by atoms with van der Waals surface area (Å²) in [5.74, 6) is -1.99. The van der Waals surface area contributed by atoms with Gasteiger partial charge in [0.2, 0.25) is 11.8 Å². The zero-order chi connectivity index (χ0) is 24.3. The van der Waals surface area contributed by atoms with Gasteiger partial charge in [0.15, 0.2) is 11.6 Å². The Balaban J connectivity index is 1.72. The van der Waals surface area contributed by atoms with Gasteiger partial charge in [-0.2, -0.15) is 17.9 Å². The fraction of sp³-hybridized carbons (Fsp3) is 0.522. The molecule has 0 radical (unpaired) electrons. The predicted octanol–water partition coefficient (Wildman–Crippen LogP) is 3.77. The van der Waals surface area contributed by atoms with Crippen LogP contribution >= 0.6 is 24.4 Å². The molecule has 1 aliphatic carbocycles. The molecule has 1 fully saturated rings. The number of rotatable bonds is 8. The number of ether oxygens (including phenoxy) is 1. The number of fused-ring (bicyclic) bond motifs is 1. The number of halogens is 2. The fourth-order valence-electron chi connectivity index (χ4n) is 4.56. The van der Waals surface area contributed by atoms with Gasteiger partial charge in [0.1, 0.15) is 12.7 Å². The van der Waals surface area contributed by atoms with Gasteiger partial charge in [-0.1, -0.05) is 0 Å². The molecule has 0 saturated carbocycles. The SMILES string of the molecule is C=NC(OCC1CC(S)(SC)CN1C(=O)CC(N)C1CCc2cc(F)c(F)cc21)=C(C)C#N. The summed E-state index contributed by atoms with van der Waals surface area (Å²) >= 11 is 6.32. The van der Waals surface area contributed by atoms with Gasteiger partial charge in [0, 0.05) is 24.9 Å². The summed E-state index contributed by atoms with van der Waals surface area (Å²) in [7, 11) is 0. The third kappa shape index (κ3) is 5.53. The van der Waals surface area contributed by atoms with Crippen LogP contribution in [0.5, 0.6) is 0 Å². The summed E-state index contributed by atoms with van der Waals surface area (Å²) in [4.78, 5) is 18.8. The monoisotopic (exact) mass is 494 g/mol. The Kier molecular flexibility index (Phi) is 8.08. The number of hydrogen-bond donors (Lipinski definition) is 2. The van der Waals surface area contributed by atoms with E-state index in [0.29, 0.717) is 36.9 Å². The van der Waals surface area contributed by atoms with Crippen LogP contribution in [0.25, 0.3) is 0 Å². The first-order chi connectivity index (χ1) is 15.6. The van der Waals surface area contributed by atoms with Crippen LogP contribution in [-0.4, -0.2) is 53.1 Å². The molecule has 178 valence electrons. The number of aryl methyl sites for hydroxylation is 1. The quantitative estimate of drug-likeness (QED) is 0.189. The van der Waals surface area contributed by atoms with E-state index in [-0.39, 0.29) is 36.8 Å². The number of nitrogens with two attached hydrogens (primary N) is 1. The van der Waals surface area contributed by atoms with E-state index in [2.05, 4.69) is 11.7 Å². The van der Waals surface area contributed by atoms with Crippen molar-refractivity contribution in [1.82, 2.24) is 4.90 Å². The number of thiol groups is 1. The minimum atomic E-state index is -0.900. The van der Waals surface area contributed by atoms with E-state index in [1.165, 1.54) is 12.1 Å². The Morgan fingerprint density at radius 3 is 2.85 bits per heavy atom. The highest BCUT2D eigenvalue weighted by molar-refractivity contribution is 8.11. The van der Waals surface area contributed by atoms with Crippen LogP contribution in [0.4, 0.5) is 8.78 Å². The van der Waals surface area contributed by atoms with Crippen LogP contribution in [-0.2, 0) is 16.0 Å². The lowest BCUT2D eigenvalue weighted by molar-refractivity contribution is -0.133. The third-order valence-electron chi connectivity index (χ3n) is 6.39. The molecule has 1 aromatic rings. The summed E-state index contributed by atoms with van der Waals surface area (Å²) in [6.07, 6.45) is 3.84. The van der Waals surface area contributed by atoms with Crippen LogP contribution < -0.4 is 5.73 Å². The molecule has 4 atom stereocenters. The highest BCUT2D eigenvalue weighted by Crippen LogP contribution is 2.42. The van der Waals surface area contributed by atoms with Crippen molar-refractivity contribution >= 4 is 37.0 Å². The number of carbonyl (C=O) groups excluding carboxylic acids is 1. The zero-order valence-electron chi connectivity index (χ0n) is 18.7. The number of carbonyl (C=O) groups is 1. The molecule has 33 heavy (non-hydrogen) atoms. The Bertz CT molecular complexity index is 1010. The van der Waals surface area contributed by atoms with Crippen molar-refractivity contribution in [2.75, 3.05) is 19.4 Å². The molecule has 1 aliphatic heterocycles. The number of hydrogen-bond acceptors (Lipinski definition) is 7. The number of benzene rings is 1. The van der Waals surface area contributed by atoms with Crippen LogP contribution in [0.2, 0.25) is 0 Å². The Morgan fingerprint density at radius 2 is 2.21 bits per heavy atom. The molecule has 10 heteroatoms. The van der Waals surface area contributed by atoms with Gasteiger partial charge in [0.25, 0.3) is 0 Å². The normalized spacial score (nSPS) is 25.8. The van der Waals surface area contributed by atoms with Crippen molar-refractivity contribution in [2.45, 2.75) is 54.7 Å². The van der Waals surface area contributed by atoms with Crippen LogP contribution in [0.1, 0.15) is 43.2 Å². The van der Waals surface area contributed by atoms with Gasteiger partial charge < -0.3 is 15.4 Å². The first kappa shape index (κ1) is 25.5. The van der Waals surface area contributed by atoms with E-state index in [0.717, 1.165) is 5.56 Å². The van der Waals surface area contributed by atoms with E-state index in [9.17, 15) is 13.6 Å². The summed E-state index contributed by atoms with van der Waals surface area (Å²) in [6, 6.07) is 3.61. The molecule has 0 bridgehead atoms. The van der Waals surface area contributed by atoms with Gasteiger partial charge in [-0.25, -0.2) is 13.8 Å². The first-order valence-corrected chi connectivity index (χ1v) is 12.3. The lowest BCUT2D eigenvalue weighted by atomic mass is 9.91. The summed E-state index contributed by atoms with van der Waals surface area (Å²) < 4.78 is 32.6. The second-order valence-electron chi connectivity index (χ2n) is 8.52. The van der Waals surface area contributed by atoms with E-state index in [1.54, 1.807) is 23.6 Å². The summed E-state index contributed by atoms with van der Waals surface area (Å²) in [5, 5.41) is 9.08. The molecule has 1 aromatic carbocycles. The lowest BCUT2D eigenvalue weighted by Gasteiger charge is -2.28. The van der Waals surface area contributed by atoms with Gasteiger partial charge in [-0.05, 0) is 62.4 Å². The van der Waals surface area contributed by atoms with Crippen molar-refractivity contribution in [1.29, 1.82) is 5.26 Å². The predicted molar refractivity (Wildman–Crippen MR) is 129 cm³/mol. The third-order valence-corrected chi connectivity index (χ3v) is 8.32. The van der Waals surface area contributed by atoms with Crippen molar-refractivity contribution in [3.63, 3.8) is 0 Å². The van der Waals surface area contributed by atoms with E-state index in [4.69, 9.17) is 28.4 Å². The second kappa shape index (κ2) is 10.5. The smallest absolute Gasteiger partial charge is 0.226 e. The molecule has 1 saturated heterocycles. The number of nitrogens with zero attached hydrogens (tertiary/aromatic N) is 3. The molecule has 0 aromatic heterocycles. The standard InChI is InChI=1S/C23H28F2N4O2S2/c1-13(10-26)22(28-2)31-11-15-9-23(32,33-3)12-29(15)21(30)8-20(27)16-5-4-14-6-18(24)19(25)7-17(14)16/h6-7,15-16,20,32H,2,4-5,8-9,11-12,27H2,1,3H3. The summed E-state index contributed by atoms with van der Waals surface area (Å²) in [6.45, 7) is 5.58. The molecule has 1 heterocycles. The molecule has 3 rings (SSSR count).